The number of methoxy groups -OCH3 is 1. The van der Waals surface area contributed by atoms with E-state index in [9.17, 15) is 4.79 Å². The quantitative estimate of drug-likeness (QED) is 0.805. The summed E-state index contributed by atoms with van der Waals surface area (Å²) in [6.45, 7) is 6.06. The lowest BCUT2D eigenvalue weighted by atomic mass is 10.2. The average Bonchev–Trinajstić information content (AvgIpc) is 2.62. The van der Waals surface area contributed by atoms with E-state index >= 15 is 0 Å². The SMILES string of the molecule is CCCN(CCC)c1ncc(C(=O)Nc2ccc(OC)cc2)cn1. The van der Waals surface area contributed by atoms with Gasteiger partial charge in [-0.25, -0.2) is 9.97 Å². The van der Waals surface area contributed by atoms with Gasteiger partial charge < -0.3 is 15.0 Å². The molecule has 0 saturated carbocycles. The van der Waals surface area contributed by atoms with Crippen LogP contribution in [0.3, 0.4) is 0 Å². The van der Waals surface area contributed by atoms with Crippen LogP contribution < -0.4 is 15.0 Å². The second kappa shape index (κ2) is 8.86. The van der Waals surface area contributed by atoms with Crippen LogP contribution >= 0.6 is 0 Å². The van der Waals surface area contributed by atoms with Gasteiger partial charge in [-0.3, -0.25) is 4.79 Å². The number of aromatic nitrogens is 2. The number of nitrogens with zero attached hydrogens (tertiary/aromatic N) is 3. The van der Waals surface area contributed by atoms with Crippen molar-refractivity contribution in [1.29, 1.82) is 0 Å². The summed E-state index contributed by atoms with van der Waals surface area (Å²) in [6, 6.07) is 7.16. The fourth-order valence-corrected chi connectivity index (χ4v) is 2.33. The number of nitrogens with one attached hydrogen (secondary N) is 1. The van der Waals surface area contributed by atoms with E-state index < -0.39 is 0 Å². The van der Waals surface area contributed by atoms with E-state index in [0.717, 1.165) is 31.7 Å². The lowest BCUT2D eigenvalue weighted by Crippen LogP contribution is -2.27. The molecule has 6 heteroatoms. The summed E-state index contributed by atoms with van der Waals surface area (Å²) >= 11 is 0. The molecule has 0 atom stereocenters. The predicted octanol–water partition coefficient (Wildman–Crippen LogP) is 3.36. The summed E-state index contributed by atoms with van der Waals surface area (Å²) in [5, 5.41) is 2.82. The van der Waals surface area contributed by atoms with E-state index in [1.807, 2.05) is 0 Å². The topological polar surface area (TPSA) is 67.4 Å². The lowest BCUT2D eigenvalue weighted by molar-refractivity contribution is 0.102. The molecule has 0 spiro atoms. The van der Waals surface area contributed by atoms with Crippen molar-refractivity contribution in [1.82, 2.24) is 9.97 Å². The molecular formula is C18H24N4O2. The highest BCUT2D eigenvalue weighted by molar-refractivity contribution is 6.03. The highest BCUT2D eigenvalue weighted by Gasteiger charge is 2.11. The molecule has 1 heterocycles. The van der Waals surface area contributed by atoms with Gasteiger partial charge in [-0.1, -0.05) is 13.8 Å². The molecule has 2 rings (SSSR count). The minimum absolute atomic E-state index is 0.232. The third kappa shape index (κ3) is 4.68. The molecule has 1 aromatic heterocycles. The number of rotatable bonds is 8. The molecule has 6 nitrogen and oxygen atoms in total. The minimum atomic E-state index is -0.232. The largest absolute Gasteiger partial charge is 0.497 e. The number of hydrogen-bond donors (Lipinski definition) is 1. The first kappa shape index (κ1) is 17.7. The average molecular weight is 328 g/mol. The summed E-state index contributed by atoms with van der Waals surface area (Å²) in [6.07, 6.45) is 5.20. The van der Waals surface area contributed by atoms with Crippen LogP contribution in [-0.2, 0) is 0 Å². The molecule has 0 fully saturated rings. The zero-order valence-corrected chi connectivity index (χ0v) is 14.5. The number of hydrogen-bond acceptors (Lipinski definition) is 5. The Morgan fingerprint density at radius 2 is 1.67 bits per heavy atom. The van der Waals surface area contributed by atoms with Gasteiger partial charge in [0.2, 0.25) is 5.95 Å². The molecule has 1 amide bonds. The van der Waals surface area contributed by atoms with Crippen molar-refractivity contribution in [2.45, 2.75) is 26.7 Å². The predicted molar refractivity (Wildman–Crippen MR) is 95.8 cm³/mol. The summed E-state index contributed by atoms with van der Waals surface area (Å²) in [5.41, 5.74) is 1.13. The van der Waals surface area contributed by atoms with Gasteiger partial charge in [-0.05, 0) is 37.1 Å². The van der Waals surface area contributed by atoms with Crippen molar-refractivity contribution in [2.24, 2.45) is 0 Å². The van der Waals surface area contributed by atoms with Crippen molar-refractivity contribution in [3.63, 3.8) is 0 Å². The Hall–Kier alpha value is -2.63. The molecular weight excluding hydrogens is 304 g/mol. The lowest BCUT2D eigenvalue weighted by Gasteiger charge is -2.21. The number of carbonyl (C=O) groups excluding carboxylic acids is 1. The van der Waals surface area contributed by atoms with E-state index in [1.165, 1.54) is 0 Å². The van der Waals surface area contributed by atoms with Crippen molar-refractivity contribution in [3.05, 3.63) is 42.2 Å². The second-order valence-corrected chi connectivity index (χ2v) is 5.44. The maximum atomic E-state index is 12.3. The highest BCUT2D eigenvalue weighted by Crippen LogP contribution is 2.16. The first-order valence-electron chi connectivity index (χ1n) is 8.20. The van der Waals surface area contributed by atoms with Crippen molar-refractivity contribution in [3.8, 4) is 5.75 Å². The van der Waals surface area contributed by atoms with E-state index in [-0.39, 0.29) is 5.91 Å². The van der Waals surface area contributed by atoms with Gasteiger partial charge in [-0.15, -0.1) is 0 Å². The maximum Gasteiger partial charge on any atom is 0.258 e. The van der Waals surface area contributed by atoms with E-state index in [1.54, 1.807) is 43.8 Å². The third-order valence-corrected chi connectivity index (χ3v) is 3.52. The summed E-state index contributed by atoms with van der Waals surface area (Å²) in [5.74, 6) is 1.18. The van der Waals surface area contributed by atoms with Crippen LogP contribution in [0.2, 0.25) is 0 Å². The van der Waals surface area contributed by atoms with Gasteiger partial charge in [0.05, 0.1) is 12.7 Å². The fourth-order valence-electron chi connectivity index (χ4n) is 2.33. The van der Waals surface area contributed by atoms with Crippen molar-refractivity contribution < 1.29 is 9.53 Å². The van der Waals surface area contributed by atoms with Crippen LogP contribution in [0, 0.1) is 0 Å². The second-order valence-electron chi connectivity index (χ2n) is 5.44. The Labute approximate surface area is 142 Å². The van der Waals surface area contributed by atoms with Crippen molar-refractivity contribution in [2.75, 3.05) is 30.4 Å². The van der Waals surface area contributed by atoms with Crippen LogP contribution in [0.5, 0.6) is 5.75 Å². The first-order chi connectivity index (χ1) is 11.7. The molecule has 24 heavy (non-hydrogen) atoms. The van der Waals surface area contributed by atoms with Gasteiger partial charge in [0.1, 0.15) is 5.75 Å². The molecule has 1 aromatic carbocycles. The Kier molecular flexibility index (Phi) is 6.54. The first-order valence-corrected chi connectivity index (χ1v) is 8.20. The van der Waals surface area contributed by atoms with Gasteiger partial charge in [0, 0.05) is 31.2 Å². The number of benzene rings is 1. The molecule has 0 aliphatic carbocycles. The zero-order valence-electron chi connectivity index (χ0n) is 14.5. The van der Waals surface area contributed by atoms with E-state index in [2.05, 4.69) is 34.0 Å². The smallest absolute Gasteiger partial charge is 0.258 e. The Morgan fingerprint density at radius 3 is 2.17 bits per heavy atom. The Morgan fingerprint density at radius 1 is 1.08 bits per heavy atom. The highest BCUT2D eigenvalue weighted by atomic mass is 16.5. The van der Waals surface area contributed by atoms with Gasteiger partial charge in [0.15, 0.2) is 0 Å². The molecule has 0 unspecified atom stereocenters. The molecule has 2 aromatic rings. The summed E-state index contributed by atoms with van der Waals surface area (Å²) < 4.78 is 5.10. The van der Waals surface area contributed by atoms with Gasteiger partial charge in [-0.2, -0.15) is 0 Å². The number of carbonyl (C=O) groups is 1. The summed E-state index contributed by atoms with van der Waals surface area (Å²) in [7, 11) is 1.60. The molecule has 0 aliphatic heterocycles. The van der Waals surface area contributed by atoms with E-state index in [4.69, 9.17) is 4.74 Å². The summed E-state index contributed by atoms with van der Waals surface area (Å²) in [4.78, 5) is 23.1. The Balaban J connectivity index is 2.04. The monoisotopic (exact) mass is 328 g/mol. The van der Waals surface area contributed by atoms with Crippen LogP contribution in [0.15, 0.2) is 36.7 Å². The molecule has 128 valence electrons. The van der Waals surface area contributed by atoms with Crippen molar-refractivity contribution >= 4 is 17.5 Å². The molecule has 0 radical (unpaired) electrons. The van der Waals surface area contributed by atoms with Gasteiger partial charge in [0.25, 0.3) is 5.91 Å². The van der Waals surface area contributed by atoms with Gasteiger partial charge >= 0.3 is 0 Å². The standard InChI is InChI=1S/C18H24N4O2/c1-4-10-22(11-5-2)18-19-12-14(13-20-18)17(23)21-15-6-8-16(24-3)9-7-15/h6-9,12-13H,4-5,10-11H2,1-3H3,(H,21,23). The molecule has 1 N–H and O–H groups in total. The van der Waals surface area contributed by atoms with Crippen LogP contribution in [0.1, 0.15) is 37.0 Å². The molecule has 0 bridgehead atoms. The molecule has 0 saturated heterocycles. The fraction of sp³-hybridized carbons (Fsp3) is 0.389. The van der Waals surface area contributed by atoms with Crippen LogP contribution in [0.25, 0.3) is 0 Å². The van der Waals surface area contributed by atoms with Crippen LogP contribution in [0.4, 0.5) is 11.6 Å². The third-order valence-electron chi connectivity index (χ3n) is 3.52. The van der Waals surface area contributed by atoms with Crippen LogP contribution in [-0.4, -0.2) is 36.1 Å². The minimum Gasteiger partial charge on any atom is -0.497 e. The maximum absolute atomic E-state index is 12.3. The normalized spacial score (nSPS) is 10.3. The van der Waals surface area contributed by atoms with E-state index in [0.29, 0.717) is 17.2 Å². The number of ether oxygens (including phenoxy) is 1. The number of anilines is 2. The number of amides is 1. The molecule has 0 aliphatic rings. The Bertz CT molecular complexity index is 635. The zero-order chi connectivity index (χ0) is 17.4.